The number of benzene rings is 1. The lowest BCUT2D eigenvalue weighted by Crippen LogP contribution is -2.35. The number of morpholine rings is 1. The second-order valence-electron chi connectivity index (χ2n) is 6.67. The van der Waals surface area contributed by atoms with E-state index in [4.69, 9.17) is 4.74 Å². The fourth-order valence-electron chi connectivity index (χ4n) is 3.21. The minimum Gasteiger partial charge on any atom is -0.379 e. The predicted octanol–water partition coefficient (Wildman–Crippen LogP) is 2.53. The zero-order valence-electron chi connectivity index (χ0n) is 15.0. The van der Waals surface area contributed by atoms with Gasteiger partial charge in [-0.1, -0.05) is 35.5 Å². The zero-order valence-corrected chi connectivity index (χ0v) is 15.0. The van der Waals surface area contributed by atoms with E-state index >= 15 is 0 Å². The Morgan fingerprint density at radius 2 is 1.73 bits per heavy atom. The third kappa shape index (κ3) is 4.15. The second-order valence-corrected chi connectivity index (χ2v) is 6.67. The van der Waals surface area contributed by atoms with E-state index in [2.05, 4.69) is 44.5 Å². The summed E-state index contributed by atoms with van der Waals surface area (Å²) in [4.78, 5) is 6.94. The van der Waals surface area contributed by atoms with E-state index in [1.165, 1.54) is 11.1 Å². The molecule has 1 fully saturated rings. The molecule has 6 nitrogen and oxygen atoms in total. The average Bonchev–Trinajstić information content (AvgIpc) is 3.11. The topological polar surface area (TPSA) is 56.1 Å². The van der Waals surface area contributed by atoms with Gasteiger partial charge in [0.15, 0.2) is 0 Å². The molecule has 26 heavy (non-hydrogen) atoms. The molecule has 0 aliphatic carbocycles. The van der Waals surface area contributed by atoms with Crippen molar-refractivity contribution in [2.45, 2.75) is 20.0 Å². The number of hydrogen-bond acceptors (Lipinski definition) is 5. The highest BCUT2D eigenvalue weighted by molar-refractivity contribution is 5.52. The molecule has 4 rings (SSSR count). The largest absolute Gasteiger partial charge is 0.379 e. The molecule has 1 saturated heterocycles. The maximum Gasteiger partial charge on any atom is 0.131 e. The van der Waals surface area contributed by atoms with Gasteiger partial charge in [-0.25, -0.2) is 4.68 Å². The van der Waals surface area contributed by atoms with E-state index in [1.54, 1.807) is 0 Å². The van der Waals surface area contributed by atoms with Crippen molar-refractivity contribution in [3.05, 3.63) is 65.5 Å². The standard InChI is InChI=1S/C20H23N5O/c1-16-4-2-7-19(21-16)20-15-25(23-22-20)14-18-6-3-5-17(12-18)13-24-8-10-26-11-9-24/h2-7,12,15H,8-11,13-14H2,1H3. The molecule has 0 unspecified atom stereocenters. The van der Waals surface area contributed by atoms with E-state index in [1.807, 2.05) is 36.0 Å². The van der Waals surface area contributed by atoms with Gasteiger partial charge in [0, 0.05) is 25.3 Å². The Morgan fingerprint density at radius 1 is 0.962 bits per heavy atom. The first-order chi connectivity index (χ1) is 12.8. The first kappa shape index (κ1) is 16.9. The van der Waals surface area contributed by atoms with E-state index in [0.717, 1.165) is 49.9 Å². The molecule has 0 N–H and O–H groups in total. The highest BCUT2D eigenvalue weighted by Gasteiger charge is 2.11. The van der Waals surface area contributed by atoms with E-state index < -0.39 is 0 Å². The lowest BCUT2D eigenvalue weighted by Gasteiger charge is -2.26. The molecule has 3 heterocycles. The van der Waals surface area contributed by atoms with Crippen molar-refractivity contribution in [3.8, 4) is 11.4 Å². The quantitative estimate of drug-likeness (QED) is 0.708. The number of nitrogens with zero attached hydrogens (tertiary/aromatic N) is 5. The monoisotopic (exact) mass is 349 g/mol. The first-order valence-electron chi connectivity index (χ1n) is 8.98. The number of aryl methyl sites for hydroxylation is 1. The van der Waals surface area contributed by atoms with E-state index in [-0.39, 0.29) is 0 Å². The SMILES string of the molecule is Cc1cccc(-c2cn(Cc3cccc(CN4CCOCC4)c3)nn2)n1. The number of aromatic nitrogens is 4. The van der Waals surface area contributed by atoms with Gasteiger partial charge < -0.3 is 4.74 Å². The molecule has 0 atom stereocenters. The molecule has 0 spiro atoms. The van der Waals surface area contributed by atoms with Gasteiger partial charge in [-0.05, 0) is 30.2 Å². The molecule has 0 amide bonds. The highest BCUT2D eigenvalue weighted by atomic mass is 16.5. The number of pyridine rings is 1. The molecular weight excluding hydrogens is 326 g/mol. The molecule has 134 valence electrons. The zero-order chi connectivity index (χ0) is 17.8. The van der Waals surface area contributed by atoms with E-state index in [0.29, 0.717) is 6.54 Å². The Balaban J connectivity index is 1.45. The van der Waals surface area contributed by atoms with Crippen LogP contribution in [0.2, 0.25) is 0 Å². The van der Waals surface area contributed by atoms with Crippen molar-refractivity contribution < 1.29 is 4.74 Å². The summed E-state index contributed by atoms with van der Waals surface area (Å²) in [5.74, 6) is 0. The molecule has 0 radical (unpaired) electrons. The molecule has 0 saturated carbocycles. The van der Waals surface area contributed by atoms with Crippen molar-refractivity contribution in [1.29, 1.82) is 0 Å². The molecule has 0 bridgehead atoms. The summed E-state index contributed by atoms with van der Waals surface area (Å²) >= 11 is 0. The van der Waals surface area contributed by atoms with Crippen molar-refractivity contribution in [3.63, 3.8) is 0 Å². The van der Waals surface area contributed by atoms with Gasteiger partial charge in [-0.15, -0.1) is 5.10 Å². The van der Waals surface area contributed by atoms with Gasteiger partial charge in [-0.3, -0.25) is 9.88 Å². The summed E-state index contributed by atoms with van der Waals surface area (Å²) in [5, 5.41) is 8.53. The Bertz CT molecular complexity index is 870. The number of hydrogen-bond donors (Lipinski definition) is 0. The summed E-state index contributed by atoms with van der Waals surface area (Å²) in [6.07, 6.45) is 1.95. The van der Waals surface area contributed by atoms with Crippen LogP contribution >= 0.6 is 0 Å². The predicted molar refractivity (Wildman–Crippen MR) is 99.6 cm³/mol. The van der Waals surface area contributed by atoms with Crippen LogP contribution in [0.1, 0.15) is 16.8 Å². The van der Waals surface area contributed by atoms with Crippen molar-refractivity contribution in [2.75, 3.05) is 26.3 Å². The second kappa shape index (κ2) is 7.76. The van der Waals surface area contributed by atoms with Crippen LogP contribution in [0.3, 0.4) is 0 Å². The Kier molecular flexibility index (Phi) is 5.04. The van der Waals surface area contributed by atoms with Gasteiger partial charge in [0.2, 0.25) is 0 Å². The van der Waals surface area contributed by atoms with Crippen LogP contribution in [0.5, 0.6) is 0 Å². The van der Waals surface area contributed by atoms with E-state index in [9.17, 15) is 0 Å². The Morgan fingerprint density at radius 3 is 2.54 bits per heavy atom. The van der Waals surface area contributed by atoms with Crippen LogP contribution in [0, 0.1) is 6.92 Å². The maximum absolute atomic E-state index is 5.42. The molecule has 3 aromatic rings. The van der Waals surface area contributed by atoms with Gasteiger partial charge in [0.05, 0.1) is 31.6 Å². The fourth-order valence-corrected chi connectivity index (χ4v) is 3.21. The van der Waals surface area contributed by atoms with Crippen LogP contribution in [-0.2, 0) is 17.8 Å². The molecule has 1 aliphatic heterocycles. The maximum atomic E-state index is 5.42. The summed E-state index contributed by atoms with van der Waals surface area (Å²) in [6.45, 7) is 7.31. The van der Waals surface area contributed by atoms with Crippen LogP contribution in [-0.4, -0.2) is 51.2 Å². The summed E-state index contributed by atoms with van der Waals surface area (Å²) in [6, 6.07) is 14.6. The Hall–Kier alpha value is -2.57. The van der Waals surface area contributed by atoms with Crippen molar-refractivity contribution in [2.24, 2.45) is 0 Å². The van der Waals surface area contributed by atoms with Crippen molar-refractivity contribution in [1.82, 2.24) is 24.9 Å². The molecule has 6 heteroatoms. The van der Waals surface area contributed by atoms with Gasteiger partial charge in [-0.2, -0.15) is 0 Å². The summed E-state index contributed by atoms with van der Waals surface area (Å²) in [5.41, 5.74) is 5.19. The molecular formula is C20H23N5O. The molecule has 1 aliphatic rings. The smallest absolute Gasteiger partial charge is 0.131 e. The number of rotatable bonds is 5. The molecule has 1 aromatic carbocycles. The summed E-state index contributed by atoms with van der Waals surface area (Å²) < 4.78 is 7.29. The molecule has 2 aromatic heterocycles. The van der Waals surface area contributed by atoms with Gasteiger partial charge in [0.1, 0.15) is 5.69 Å². The van der Waals surface area contributed by atoms with Crippen molar-refractivity contribution >= 4 is 0 Å². The van der Waals surface area contributed by atoms with Gasteiger partial charge >= 0.3 is 0 Å². The number of ether oxygens (including phenoxy) is 1. The third-order valence-corrected chi connectivity index (χ3v) is 4.54. The third-order valence-electron chi connectivity index (χ3n) is 4.54. The fraction of sp³-hybridized carbons (Fsp3) is 0.350. The van der Waals surface area contributed by atoms with Crippen LogP contribution in [0.15, 0.2) is 48.7 Å². The minimum absolute atomic E-state index is 0.704. The van der Waals surface area contributed by atoms with Gasteiger partial charge in [0.25, 0.3) is 0 Å². The van der Waals surface area contributed by atoms with Crippen LogP contribution in [0.25, 0.3) is 11.4 Å². The van der Waals surface area contributed by atoms with Crippen LogP contribution < -0.4 is 0 Å². The Labute approximate surface area is 153 Å². The minimum atomic E-state index is 0.704. The summed E-state index contributed by atoms with van der Waals surface area (Å²) in [7, 11) is 0. The normalized spacial score (nSPS) is 15.3. The average molecular weight is 349 g/mol. The lowest BCUT2D eigenvalue weighted by molar-refractivity contribution is 0.0342. The lowest BCUT2D eigenvalue weighted by atomic mass is 10.1. The highest BCUT2D eigenvalue weighted by Crippen LogP contribution is 2.15. The first-order valence-corrected chi connectivity index (χ1v) is 8.98. The van der Waals surface area contributed by atoms with Crippen LogP contribution in [0.4, 0.5) is 0 Å².